The second kappa shape index (κ2) is 9.81. The number of alkyl halides is 1. The lowest BCUT2D eigenvalue weighted by atomic mass is 9.84. The fourth-order valence-corrected chi connectivity index (χ4v) is 4.64. The third-order valence-corrected chi connectivity index (χ3v) is 6.05. The maximum absolute atomic E-state index is 12.8. The van der Waals surface area contributed by atoms with Gasteiger partial charge in [0, 0.05) is 28.5 Å². The van der Waals surface area contributed by atoms with Gasteiger partial charge in [-0.25, -0.2) is 9.80 Å². The van der Waals surface area contributed by atoms with E-state index in [2.05, 4.69) is 5.43 Å². The molecule has 1 aromatic carbocycles. The lowest BCUT2D eigenvalue weighted by molar-refractivity contribution is -0.131. The van der Waals surface area contributed by atoms with E-state index in [4.69, 9.17) is 40.5 Å². The van der Waals surface area contributed by atoms with Crippen molar-refractivity contribution in [3.8, 4) is 0 Å². The highest BCUT2D eigenvalue weighted by molar-refractivity contribution is 6.34. The lowest BCUT2D eigenvalue weighted by Gasteiger charge is -2.37. The average Bonchev–Trinajstić information content (AvgIpc) is 2.68. The minimum absolute atomic E-state index is 0.144. The van der Waals surface area contributed by atoms with Crippen molar-refractivity contribution in [1.29, 1.82) is 0 Å². The normalized spacial score (nSPS) is 23.6. The number of amides is 2. The quantitative estimate of drug-likeness (QED) is 0.437. The summed E-state index contributed by atoms with van der Waals surface area (Å²) in [6.07, 6.45) is 6.50. The minimum atomic E-state index is -1.05. The van der Waals surface area contributed by atoms with Crippen molar-refractivity contribution in [1.82, 2.24) is 15.3 Å². The Hall–Kier alpha value is -2.09. The molecular formula is C20H23Cl3N4O3. The number of hydrazine groups is 1. The molecule has 4 N–H and O–H groups in total. The molecule has 3 atom stereocenters. The summed E-state index contributed by atoms with van der Waals surface area (Å²) in [5.74, 6) is -0.243. The van der Waals surface area contributed by atoms with E-state index >= 15 is 0 Å². The van der Waals surface area contributed by atoms with Crippen LogP contribution in [0.3, 0.4) is 0 Å². The first-order valence-corrected chi connectivity index (χ1v) is 10.8. The number of nitrogens with two attached hydrogens (primary N) is 1. The standard InChI is InChI=1S/C20H23Cl3N4O3/c21-14-7-12(8-15(22)10-14)11-26(20(29)30)16-4-1-3-13(9-16)19(28)25-27-17(23)5-2-6-18(27)24/h2,5-8,10,13,16-17H,1,3-4,9,11,24H2,(H,25,28)(H,29,30). The minimum Gasteiger partial charge on any atom is -0.465 e. The summed E-state index contributed by atoms with van der Waals surface area (Å²) in [5, 5.41) is 12.1. The van der Waals surface area contributed by atoms with Crippen LogP contribution in [0.5, 0.6) is 0 Å². The SMILES string of the molecule is NC1=CC=CC(Cl)N1NC(=O)C1CCCC(N(Cc2cc(Cl)cc(Cl)c2)C(=O)O)C1. The molecule has 2 amide bonds. The van der Waals surface area contributed by atoms with Gasteiger partial charge in [-0.15, -0.1) is 0 Å². The summed E-state index contributed by atoms with van der Waals surface area (Å²) in [7, 11) is 0. The van der Waals surface area contributed by atoms with Crippen molar-refractivity contribution in [3.05, 3.63) is 57.9 Å². The Morgan fingerprint density at radius 1 is 1.23 bits per heavy atom. The van der Waals surface area contributed by atoms with Gasteiger partial charge in [-0.2, -0.15) is 0 Å². The molecular weight excluding hydrogens is 451 g/mol. The van der Waals surface area contributed by atoms with Gasteiger partial charge in [0.05, 0.1) is 0 Å². The number of rotatable bonds is 5. The van der Waals surface area contributed by atoms with Crippen LogP contribution in [0.15, 0.2) is 42.2 Å². The van der Waals surface area contributed by atoms with Gasteiger partial charge in [-0.3, -0.25) is 10.2 Å². The number of nitrogens with zero attached hydrogens (tertiary/aromatic N) is 2. The number of nitrogens with one attached hydrogen (secondary N) is 1. The zero-order valence-corrected chi connectivity index (χ0v) is 18.4. The van der Waals surface area contributed by atoms with Gasteiger partial charge in [0.1, 0.15) is 11.3 Å². The maximum Gasteiger partial charge on any atom is 0.407 e. The summed E-state index contributed by atoms with van der Waals surface area (Å²) in [6, 6.07) is 4.68. The number of benzene rings is 1. The zero-order chi connectivity index (χ0) is 21.8. The Kier molecular flexibility index (Phi) is 7.39. The summed E-state index contributed by atoms with van der Waals surface area (Å²) >= 11 is 18.3. The first-order valence-electron chi connectivity index (χ1n) is 9.57. The number of carbonyl (C=O) groups excluding carboxylic acids is 1. The molecule has 1 saturated carbocycles. The van der Waals surface area contributed by atoms with Crippen LogP contribution in [-0.4, -0.2) is 38.6 Å². The van der Waals surface area contributed by atoms with E-state index in [0.717, 1.165) is 6.42 Å². The predicted octanol–water partition coefficient (Wildman–Crippen LogP) is 4.30. The summed E-state index contributed by atoms with van der Waals surface area (Å²) in [6.45, 7) is 0.144. The van der Waals surface area contributed by atoms with Crippen molar-refractivity contribution in [3.63, 3.8) is 0 Å². The van der Waals surface area contributed by atoms with E-state index in [1.165, 1.54) is 9.91 Å². The molecule has 1 aromatic rings. The van der Waals surface area contributed by atoms with Crippen molar-refractivity contribution in [2.75, 3.05) is 0 Å². The second-order valence-corrected chi connectivity index (χ2v) is 8.72. The van der Waals surface area contributed by atoms with Crippen LogP contribution in [0.25, 0.3) is 0 Å². The van der Waals surface area contributed by atoms with Crippen LogP contribution in [0.4, 0.5) is 4.79 Å². The molecule has 10 heteroatoms. The van der Waals surface area contributed by atoms with E-state index in [0.29, 0.717) is 40.7 Å². The molecule has 1 heterocycles. The van der Waals surface area contributed by atoms with Gasteiger partial charge in [-0.05, 0) is 55.2 Å². The topological polar surface area (TPSA) is 98.9 Å². The highest BCUT2D eigenvalue weighted by atomic mass is 35.5. The van der Waals surface area contributed by atoms with Gasteiger partial charge >= 0.3 is 6.09 Å². The number of carbonyl (C=O) groups is 2. The Labute approximate surface area is 190 Å². The Balaban J connectivity index is 1.68. The fraction of sp³-hybridized carbons (Fsp3) is 0.400. The lowest BCUT2D eigenvalue weighted by Crippen LogP contribution is -2.51. The van der Waals surface area contributed by atoms with Gasteiger partial charge < -0.3 is 15.7 Å². The summed E-state index contributed by atoms with van der Waals surface area (Å²) < 4.78 is 0. The highest BCUT2D eigenvalue weighted by Crippen LogP contribution is 2.30. The number of hydrogen-bond acceptors (Lipinski definition) is 4. The molecule has 0 aromatic heterocycles. The van der Waals surface area contributed by atoms with Crippen LogP contribution in [-0.2, 0) is 11.3 Å². The number of halogens is 3. The molecule has 0 bridgehead atoms. The van der Waals surface area contributed by atoms with E-state index in [1.807, 2.05) is 0 Å². The van der Waals surface area contributed by atoms with Gasteiger partial charge in [0.2, 0.25) is 5.91 Å². The van der Waals surface area contributed by atoms with Crippen LogP contribution >= 0.6 is 34.8 Å². The fourth-order valence-electron chi connectivity index (χ4n) is 3.83. The molecule has 7 nitrogen and oxygen atoms in total. The molecule has 1 aliphatic carbocycles. The zero-order valence-electron chi connectivity index (χ0n) is 16.1. The number of carboxylic acid groups (broad SMARTS) is 1. The number of hydrogen-bond donors (Lipinski definition) is 3. The van der Waals surface area contributed by atoms with Crippen molar-refractivity contribution in [2.45, 2.75) is 43.8 Å². The van der Waals surface area contributed by atoms with E-state index in [1.54, 1.807) is 36.4 Å². The average molecular weight is 474 g/mol. The molecule has 1 aliphatic heterocycles. The molecule has 2 aliphatic rings. The molecule has 0 spiro atoms. The summed E-state index contributed by atoms with van der Waals surface area (Å²) in [4.78, 5) is 26.1. The molecule has 1 fully saturated rings. The van der Waals surface area contributed by atoms with Crippen molar-refractivity contribution in [2.24, 2.45) is 11.7 Å². The first kappa shape index (κ1) is 22.6. The predicted molar refractivity (Wildman–Crippen MR) is 117 cm³/mol. The van der Waals surface area contributed by atoms with Crippen LogP contribution in [0.2, 0.25) is 10.0 Å². The van der Waals surface area contributed by atoms with E-state index < -0.39 is 11.6 Å². The third kappa shape index (κ3) is 5.53. The van der Waals surface area contributed by atoms with E-state index in [9.17, 15) is 14.7 Å². The monoisotopic (exact) mass is 472 g/mol. The molecule has 30 heavy (non-hydrogen) atoms. The Morgan fingerprint density at radius 3 is 2.57 bits per heavy atom. The third-order valence-electron chi connectivity index (χ3n) is 5.27. The van der Waals surface area contributed by atoms with Gasteiger partial charge in [0.25, 0.3) is 0 Å². The van der Waals surface area contributed by atoms with Crippen LogP contribution in [0.1, 0.15) is 31.2 Å². The second-order valence-electron chi connectivity index (χ2n) is 7.40. The van der Waals surface area contributed by atoms with Gasteiger partial charge in [0.15, 0.2) is 0 Å². The highest BCUT2D eigenvalue weighted by Gasteiger charge is 2.34. The Morgan fingerprint density at radius 2 is 1.93 bits per heavy atom. The summed E-state index contributed by atoms with van der Waals surface area (Å²) in [5.41, 5.74) is 8.78. The maximum atomic E-state index is 12.8. The number of allylic oxidation sites excluding steroid dienone is 2. The van der Waals surface area contributed by atoms with Crippen molar-refractivity contribution < 1.29 is 14.7 Å². The molecule has 0 saturated heterocycles. The van der Waals surface area contributed by atoms with E-state index in [-0.39, 0.29) is 24.4 Å². The largest absolute Gasteiger partial charge is 0.465 e. The van der Waals surface area contributed by atoms with Crippen molar-refractivity contribution >= 4 is 46.8 Å². The molecule has 3 unspecified atom stereocenters. The van der Waals surface area contributed by atoms with Crippen LogP contribution in [0, 0.1) is 5.92 Å². The molecule has 0 radical (unpaired) electrons. The first-order chi connectivity index (χ1) is 14.2. The molecule has 162 valence electrons. The molecule has 3 rings (SSSR count). The Bertz CT molecular complexity index is 857. The smallest absolute Gasteiger partial charge is 0.407 e. The van der Waals surface area contributed by atoms with Gasteiger partial charge in [-0.1, -0.05) is 47.3 Å². The van der Waals surface area contributed by atoms with Crippen LogP contribution < -0.4 is 11.2 Å².